The lowest BCUT2D eigenvalue weighted by Crippen LogP contribution is -2.54. The summed E-state index contributed by atoms with van der Waals surface area (Å²) >= 11 is 4.83. The molecule has 4 rings (SSSR count). The molecule has 2 aliphatic rings. The molecule has 4 amide bonds. The quantitative estimate of drug-likeness (QED) is 0.601. The molecular weight excluding hydrogens is 348 g/mol. The zero-order valence-electron chi connectivity index (χ0n) is 12.6. The fourth-order valence-electron chi connectivity index (χ4n) is 3.04. The molecule has 25 heavy (non-hydrogen) atoms. The average molecular weight is 358 g/mol. The van der Waals surface area contributed by atoms with Gasteiger partial charge in [-0.15, -0.1) is 5.10 Å². The number of aromatic nitrogens is 2. The number of amides is 4. The van der Waals surface area contributed by atoms with Gasteiger partial charge in [0.25, 0.3) is 16.7 Å². The van der Waals surface area contributed by atoms with Crippen molar-refractivity contribution in [1.82, 2.24) is 20.4 Å². The van der Waals surface area contributed by atoms with Gasteiger partial charge in [-0.1, -0.05) is 6.07 Å². The summed E-state index contributed by atoms with van der Waals surface area (Å²) in [6, 6.07) is 3.63. The first kappa shape index (κ1) is 15.4. The van der Waals surface area contributed by atoms with Gasteiger partial charge in [0, 0.05) is 6.42 Å². The lowest BCUT2D eigenvalue weighted by molar-refractivity contribution is -0.136. The number of carbonyl (C=O) groups excluding carboxylic acids is 4. The number of imide groups is 2. The van der Waals surface area contributed by atoms with E-state index in [1.165, 1.54) is 6.07 Å². The summed E-state index contributed by atoms with van der Waals surface area (Å²) in [5.74, 6) is -2.23. The molecule has 1 fully saturated rings. The molecule has 2 aromatic rings. The number of benzene rings is 1. The van der Waals surface area contributed by atoms with Gasteiger partial charge in [-0.3, -0.25) is 29.4 Å². The van der Waals surface area contributed by atoms with Crippen molar-refractivity contribution in [3.63, 3.8) is 0 Å². The minimum absolute atomic E-state index is 0.0337. The summed E-state index contributed by atoms with van der Waals surface area (Å²) in [6.45, 7) is 0. The van der Waals surface area contributed by atoms with Crippen molar-refractivity contribution in [3.05, 3.63) is 34.2 Å². The summed E-state index contributed by atoms with van der Waals surface area (Å²) < 4.78 is 5.24. The maximum atomic E-state index is 12.9. The summed E-state index contributed by atoms with van der Waals surface area (Å²) in [4.78, 5) is 49.8. The van der Waals surface area contributed by atoms with Crippen LogP contribution in [0.3, 0.4) is 0 Å². The van der Waals surface area contributed by atoms with Crippen molar-refractivity contribution in [3.8, 4) is 11.5 Å². The minimum Gasteiger partial charge on any atom is -0.409 e. The zero-order valence-corrected chi connectivity index (χ0v) is 13.4. The number of hydrogen-bond acceptors (Lipinski definition) is 7. The monoisotopic (exact) mass is 358 g/mol. The number of H-pyrrole nitrogens is 1. The first-order chi connectivity index (χ1) is 12.0. The first-order valence-electron chi connectivity index (χ1n) is 7.38. The van der Waals surface area contributed by atoms with Crippen molar-refractivity contribution >= 4 is 35.8 Å². The highest BCUT2D eigenvalue weighted by molar-refractivity contribution is 7.71. The van der Waals surface area contributed by atoms with E-state index in [1.807, 2.05) is 0 Å². The Morgan fingerprint density at radius 2 is 1.92 bits per heavy atom. The Balaban J connectivity index is 1.79. The van der Waals surface area contributed by atoms with Crippen LogP contribution in [0.5, 0.6) is 0 Å². The lowest BCUT2D eigenvalue weighted by Gasteiger charge is -2.27. The molecule has 1 aromatic heterocycles. The van der Waals surface area contributed by atoms with Crippen LogP contribution in [0.2, 0.25) is 0 Å². The Kier molecular flexibility index (Phi) is 3.35. The minimum atomic E-state index is -1.02. The van der Waals surface area contributed by atoms with Crippen molar-refractivity contribution in [1.29, 1.82) is 0 Å². The molecule has 2 N–H and O–H groups in total. The van der Waals surface area contributed by atoms with Crippen molar-refractivity contribution in [2.24, 2.45) is 0 Å². The number of nitrogens with one attached hydrogen (secondary N) is 2. The molecule has 126 valence electrons. The summed E-state index contributed by atoms with van der Waals surface area (Å²) in [5.41, 5.74) is 0.553. The zero-order chi connectivity index (χ0) is 17.7. The molecule has 0 spiro atoms. The molecule has 0 aliphatic carbocycles. The number of hydrogen-bond donors (Lipinski definition) is 2. The second-order valence-electron chi connectivity index (χ2n) is 5.59. The Morgan fingerprint density at radius 1 is 1.16 bits per heavy atom. The van der Waals surface area contributed by atoms with E-state index in [-0.39, 0.29) is 34.7 Å². The van der Waals surface area contributed by atoms with Crippen LogP contribution in [0.25, 0.3) is 11.5 Å². The van der Waals surface area contributed by atoms with Crippen LogP contribution in [0, 0.1) is 4.84 Å². The molecule has 2 aliphatic heterocycles. The van der Waals surface area contributed by atoms with Gasteiger partial charge in [0.05, 0.1) is 16.7 Å². The van der Waals surface area contributed by atoms with Gasteiger partial charge in [-0.2, -0.15) is 0 Å². The lowest BCUT2D eigenvalue weighted by atomic mass is 10.0. The van der Waals surface area contributed by atoms with Crippen LogP contribution in [0.4, 0.5) is 0 Å². The third kappa shape index (κ3) is 2.30. The number of rotatable bonds is 2. The van der Waals surface area contributed by atoms with Gasteiger partial charge in [0.1, 0.15) is 6.04 Å². The second kappa shape index (κ2) is 5.45. The Morgan fingerprint density at radius 3 is 2.60 bits per heavy atom. The van der Waals surface area contributed by atoms with Gasteiger partial charge in [0.2, 0.25) is 17.7 Å². The molecule has 1 atom stereocenters. The number of carbonyl (C=O) groups is 4. The van der Waals surface area contributed by atoms with Crippen molar-refractivity contribution < 1.29 is 23.6 Å². The SMILES string of the molecule is O=C1CCC(N2C(=O)c3cccc(-c4n[nH]c(=S)o4)c3C2=O)C(=O)N1. The van der Waals surface area contributed by atoms with E-state index in [9.17, 15) is 19.2 Å². The van der Waals surface area contributed by atoms with E-state index in [0.717, 1.165) is 4.90 Å². The largest absolute Gasteiger partial charge is 0.409 e. The van der Waals surface area contributed by atoms with Gasteiger partial charge < -0.3 is 4.42 Å². The van der Waals surface area contributed by atoms with E-state index in [2.05, 4.69) is 15.5 Å². The van der Waals surface area contributed by atoms with E-state index >= 15 is 0 Å². The van der Waals surface area contributed by atoms with Crippen LogP contribution in [0.1, 0.15) is 33.6 Å². The molecule has 1 aromatic carbocycles. The van der Waals surface area contributed by atoms with Crippen molar-refractivity contribution in [2.45, 2.75) is 18.9 Å². The van der Waals surface area contributed by atoms with Crippen LogP contribution >= 0.6 is 12.2 Å². The average Bonchev–Trinajstić information content (AvgIpc) is 3.11. The Bertz CT molecular complexity index is 1010. The highest BCUT2D eigenvalue weighted by atomic mass is 32.1. The van der Waals surface area contributed by atoms with E-state index in [0.29, 0.717) is 5.56 Å². The maximum Gasteiger partial charge on any atom is 0.284 e. The smallest absolute Gasteiger partial charge is 0.284 e. The third-order valence-corrected chi connectivity index (χ3v) is 4.31. The van der Waals surface area contributed by atoms with Crippen LogP contribution in [0.15, 0.2) is 22.6 Å². The van der Waals surface area contributed by atoms with E-state index in [1.54, 1.807) is 12.1 Å². The molecule has 10 heteroatoms. The molecule has 1 unspecified atom stereocenters. The van der Waals surface area contributed by atoms with Crippen LogP contribution < -0.4 is 5.32 Å². The Labute approximate surface area is 145 Å². The molecule has 0 saturated carbocycles. The topological polar surface area (TPSA) is 125 Å². The van der Waals surface area contributed by atoms with Crippen molar-refractivity contribution in [2.75, 3.05) is 0 Å². The molecule has 3 heterocycles. The van der Waals surface area contributed by atoms with E-state index < -0.39 is 29.7 Å². The third-order valence-electron chi connectivity index (χ3n) is 4.14. The standard InChI is InChI=1S/C15H10N4O5S/c20-9-5-4-8(11(21)16-9)19-13(22)7-3-1-2-6(10(7)14(19)23)12-17-18-15(25)24-12/h1-3,8H,4-5H2,(H,18,25)(H,16,20,21). The number of piperidine rings is 1. The number of aromatic amines is 1. The molecule has 0 bridgehead atoms. The number of nitrogens with zero attached hydrogens (tertiary/aromatic N) is 2. The molecular formula is C15H10N4O5S. The molecule has 1 saturated heterocycles. The summed E-state index contributed by atoms with van der Waals surface area (Å²) in [6.07, 6.45) is 0.152. The maximum absolute atomic E-state index is 12.9. The number of fused-ring (bicyclic) bond motifs is 1. The normalized spacial score (nSPS) is 20.0. The fraction of sp³-hybridized carbons (Fsp3) is 0.200. The van der Waals surface area contributed by atoms with Gasteiger partial charge >= 0.3 is 0 Å². The molecule has 9 nitrogen and oxygen atoms in total. The van der Waals surface area contributed by atoms with E-state index in [4.69, 9.17) is 16.6 Å². The summed E-state index contributed by atoms with van der Waals surface area (Å²) in [7, 11) is 0. The predicted octanol–water partition coefficient (Wildman–Crippen LogP) is 0.800. The fourth-order valence-corrected chi connectivity index (χ4v) is 3.16. The predicted molar refractivity (Wildman–Crippen MR) is 83.8 cm³/mol. The van der Waals surface area contributed by atoms with Gasteiger partial charge in [-0.05, 0) is 30.8 Å². The first-order valence-corrected chi connectivity index (χ1v) is 7.78. The van der Waals surface area contributed by atoms with Crippen LogP contribution in [-0.2, 0) is 9.59 Å². The highest BCUT2D eigenvalue weighted by Crippen LogP contribution is 2.34. The van der Waals surface area contributed by atoms with Gasteiger partial charge in [0.15, 0.2) is 0 Å². The highest BCUT2D eigenvalue weighted by Gasteiger charge is 2.46. The summed E-state index contributed by atoms with van der Waals surface area (Å²) in [5, 5.41) is 8.49. The Hall–Kier alpha value is -3.14. The molecule has 0 radical (unpaired) electrons. The van der Waals surface area contributed by atoms with Crippen LogP contribution in [-0.4, -0.2) is 44.8 Å². The van der Waals surface area contributed by atoms with Gasteiger partial charge in [-0.25, -0.2) is 5.10 Å². The second-order valence-corrected chi connectivity index (χ2v) is 5.96.